The van der Waals surface area contributed by atoms with Crippen LogP contribution in [-0.2, 0) is 11.3 Å². The highest BCUT2D eigenvalue weighted by molar-refractivity contribution is 5.88. The van der Waals surface area contributed by atoms with E-state index < -0.39 is 0 Å². The van der Waals surface area contributed by atoms with Crippen LogP contribution in [0.15, 0.2) is 36.8 Å². The van der Waals surface area contributed by atoms with E-state index in [4.69, 9.17) is 9.84 Å². The highest BCUT2D eigenvalue weighted by Crippen LogP contribution is 2.25. The van der Waals surface area contributed by atoms with Gasteiger partial charge in [-0.3, -0.25) is 0 Å². The van der Waals surface area contributed by atoms with Crippen LogP contribution < -0.4 is 10.2 Å². The van der Waals surface area contributed by atoms with Gasteiger partial charge in [0.1, 0.15) is 12.1 Å². The summed E-state index contributed by atoms with van der Waals surface area (Å²) >= 11 is 0. The largest absolute Gasteiger partial charge is 0.394 e. The van der Waals surface area contributed by atoms with Crippen molar-refractivity contribution in [3.8, 4) is 0 Å². The Morgan fingerprint density at radius 3 is 2.68 bits per heavy atom. The van der Waals surface area contributed by atoms with Crippen LogP contribution in [0.2, 0.25) is 0 Å². The van der Waals surface area contributed by atoms with Gasteiger partial charge < -0.3 is 20.1 Å². The summed E-state index contributed by atoms with van der Waals surface area (Å²) < 4.78 is 7.06. The molecule has 0 spiro atoms. The van der Waals surface area contributed by atoms with Crippen LogP contribution in [0.5, 0.6) is 0 Å². The molecule has 0 saturated carbocycles. The maximum absolute atomic E-state index is 9.10. The average Bonchev–Trinajstić information content (AvgIpc) is 3.08. The Bertz CT molecular complexity index is 842. The lowest BCUT2D eigenvalue weighted by atomic mass is 10.2. The quantitative estimate of drug-likeness (QED) is 0.726. The fourth-order valence-electron chi connectivity index (χ4n) is 2.96. The molecule has 1 aliphatic heterocycles. The molecule has 3 heterocycles. The summed E-state index contributed by atoms with van der Waals surface area (Å²) in [4.78, 5) is 10.9. The van der Waals surface area contributed by atoms with Gasteiger partial charge in [0, 0.05) is 24.5 Å². The Morgan fingerprint density at radius 1 is 1.12 bits per heavy atom. The van der Waals surface area contributed by atoms with Gasteiger partial charge in [-0.15, -0.1) is 0 Å². The van der Waals surface area contributed by atoms with Crippen molar-refractivity contribution in [2.45, 2.75) is 6.54 Å². The molecule has 0 aliphatic carbocycles. The molecule has 3 aromatic rings. The number of hydrogen-bond acceptors (Lipinski definition) is 7. The van der Waals surface area contributed by atoms with Crippen molar-refractivity contribution in [1.29, 1.82) is 0 Å². The van der Waals surface area contributed by atoms with Crippen molar-refractivity contribution in [2.24, 2.45) is 0 Å². The molecular weight excluding hydrogens is 320 g/mol. The van der Waals surface area contributed by atoms with Gasteiger partial charge in [0.2, 0.25) is 0 Å². The number of hydrogen-bond donors (Lipinski definition) is 2. The van der Waals surface area contributed by atoms with E-state index in [1.807, 2.05) is 12.1 Å². The first kappa shape index (κ1) is 15.8. The number of rotatable bonds is 5. The molecule has 25 heavy (non-hydrogen) atoms. The fourth-order valence-corrected chi connectivity index (χ4v) is 2.96. The van der Waals surface area contributed by atoms with E-state index in [0.717, 1.165) is 37.4 Å². The van der Waals surface area contributed by atoms with Gasteiger partial charge >= 0.3 is 0 Å². The Hall–Kier alpha value is -2.71. The summed E-state index contributed by atoms with van der Waals surface area (Å²) in [6, 6.07) is 8.27. The van der Waals surface area contributed by atoms with E-state index >= 15 is 0 Å². The molecule has 130 valence electrons. The number of anilines is 3. The van der Waals surface area contributed by atoms with Gasteiger partial charge in [0.25, 0.3) is 0 Å². The molecule has 1 aromatic carbocycles. The average molecular weight is 340 g/mol. The number of aromatic nitrogens is 4. The molecule has 1 aliphatic rings. The molecule has 0 unspecified atom stereocenters. The van der Waals surface area contributed by atoms with Crippen molar-refractivity contribution >= 4 is 28.2 Å². The van der Waals surface area contributed by atoms with Gasteiger partial charge in [-0.25, -0.2) is 14.6 Å². The Balaban J connectivity index is 1.54. The van der Waals surface area contributed by atoms with E-state index in [9.17, 15) is 0 Å². The molecule has 2 N–H and O–H groups in total. The van der Waals surface area contributed by atoms with Crippen LogP contribution in [0, 0.1) is 0 Å². The number of nitrogens with one attached hydrogen (secondary N) is 1. The van der Waals surface area contributed by atoms with Crippen LogP contribution in [-0.4, -0.2) is 57.8 Å². The third kappa shape index (κ3) is 3.26. The van der Waals surface area contributed by atoms with E-state index in [0.29, 0.717) is 18.0 Å². The van der Waals surface area contributed by atoms with E-state index in [2.05, 4.69) is 37.4 Å². The zero-order chi connectivity index (χ0) is 17.1. The van der Waals surface area contributed by atoms with Crippen molar-refractivity contribution in [3.05, 3.63) is 36.8 Å². The zero-order valence-corrected chi connectivity index (χ0v) is 13.8. The maximum Gasteiger partial charge on any atom is 0.163 e. The second-order valence-electron chi connectivity index (χ2n) is 5.82. The van der Waals surface area contributed by atoms with Crippen LogP contribution in [0.4, 0.5) is 17.2 Å². The van der Waals surface area contributed by atoms with Gasteiger partial charge in [-0.1, -0.05) is 0 Å². The summed E-state index contributed by atoms with van der Waals surface area (Å²) in [5.74, 6) is 0.702. The Labute approximate surface area is 145 Å². The van der Waals surface area contributed by atoms with Gasteiger partial charge in [-0.2, -0.15) is 5.10 Å². The first-order valence-corrected chi connectivity index (χ1v) is 8.32. The van der Waals surface area contributed by atoms with Gasteiger partial charge in [0.15, 0.2) is 5.65 Å². The second-order valence-corrected chi connectivity index (χ2v) is 5.82. The molecule has 1 fully saturated rings. The lowest BCUT2D eigenvalue weighted by Gasteiger charge is -2.28. The normalized spacial score (nSPS) is 14.8. The first-order valence-electron chi connectivity index (χ1n) is 8.32. The van der Waals surface area contributed by atoms with Crippen LogP contribution in [0.25, 0.3) is 11.0 Å². The predicted molar refractivity (Wildman–Crippen MR) is 95.2 cm³/mol. The second kappa shape index (κ2) is 7.04. The summed E-state index contributed by atoms with van der Waals surface area (Å²) in [7, 11) is 0. The maximum atomic E-state index is 9.10. The SMILES string of the molecule is OCCn1ncc2c(Nc3ccc(N4CCOCC4)cc3)ncnc21. The zero-order valence-electron chi connectivity index (χ0n) is 13.8. The highest BCUT2D eigenvalue weighted by atomic mass is 16.5. The van der Waals surface area contributed by atoms with Gasteiger partial charge in [0.05, 0.1) is 37.9 Å². The minimum Gasteiger partial charge on any atom is -0.394 e. The monoisotopic (exact) mass is 340 g/mol. The topological polar surface area (TPSA) is 88.3 Å². The Morgan fingerprint density at radius 2 is 1.92 bits per heavy atom. The molecule has 8 nitrogen and oxygen atoms in total. The van der Waals surface area contributed by atoms with Gasteiger partial charge in [-0.05, 0) is 24.3 Å². The minimum atomic E-state index is 0.0204. The molecule has 0 atom stereocenters. The first-order chi connectivity index (χ1) is 12.3. The fraction of sp³-hybridized carbons (Fsp3) is 0.353. The summed E-state index contributed by atoms with van der Waals surface area (Å²) in [5.41, 5.74) is 2.85. The number of ether oxygens (including phenoxy) is 1. The predicted octanol–water partition coefficient (Wildman–Crippen LogP) is 1.40. The van der Waals surface area contributed by atoms with E-state index in [1.165, 1.54) is 12.0 Å². The number of benzene rings is 1. The highest BCUT2D eigenvalue weighted by Gasteiger charge is 2.12. The number of fused-ring (bicyclic) bond motifs is 1. The summed E-state index contributed by atoms with van der Waals surface area (Å²) in [5, 5.41) is 17.5. The summed E-state index contributed by atoms with van der Waals surface area (Å²) in [6.07, 6.45) is 3.22. The third-order valence-corrected chi connectivity index (χ3v) is 4.25. The van der Waals surface area contributed by atoms with Crippen molar-refractivity contribution < 1.29 is 9.84 Å². The number of morpholine rings is 1. The number of aliphatic hydroxyl groups excluding tert-OH is 1. The lowest BCUT2D eigenvalue weighted by molar-refractivity contribution is 0.122. The van der Waals surface area contributed by atoms with Crippen LogP contribution >= 0.6 is 0 Å². The molecule has 4 rings (SSSR count). The van der Waals surface area contributed by atoms with Crippen molar-refractivity contribution in [3.63, 3.8) is 0 Å². The smallest absolute Gasteiger partial charge is 0.163 e. The van der Waals surface area contributed by atoms with E-state index in [-0.39, 0.29) is 6.61 Å². The van der Waals surface area contributed by atoms with E-state index in [1.54, 1.807) is 10.9 Å². The number of aliphatic hydroxyl groups is 1. The third-order valence-electron chi connectivity index (χ3n) is 4.25. The molecule has 8 heteroatoms. The minimum absolute atomic E-state index is 0.0204. The van der Waals surface area contributed by atoms with Crippen LogP contribution in [0.3, 0.4) is 0 Å². The molecule has 0 bridgehead atoms. The molecule has 0 amide bonds. The van der Waals surface area contributed by atoms with Crippen molar-refractivity contribution in [2.75, 3.05) is 43.1 Å². The summed E-state index contributed by atoms with van der Waals surface area (Å²) in [6.45, 7) is 3.82. The molecular formula is C17H20N6O2. The number of nitrogens with zero attached hydrogens (tertiary/aromatic N) is 5. The van der Waals surface area contributed by atoms with Crippen LogP contribution in [0.1, 0.15) is 0 Å². The molecule has 1 saturated heterocycles. The Kier molecular flexibility index (Phi) is 4.45. The lowest BCUT2D eigenvalue weighted by Crippen LogP contribution is -2.36. The molecule has 2 aromatic heterocycles. The molecule has 0 radical (unpaired) electrons. The standard InChI is InChI=1S/C17H20N6O2/c24-8-5-23-17-15(11-20-23)16(18-12-19-17)21-13-1-3-14(4-2-13)22-6-9-25-10-7-22/h1-4,11-12,24H,5-10H2,(H,18,19,21). The van der Waals surface area contributed by atoms with Crippen molar-refractivity contribution in [1.82, 2.24) is 19.7 Å².